The summed E-state index contributed by atoms with van der Waals surface area (Å²) in [7, 11) is 1.78. The van der Waals surface area contributed by atoms with Crippen LogP contribution >= 0.6 is 0 Å². The molecule has 3 nitrogen and oxygen atoms in total. The predicted molar refractivity (Wildman–Crippen MR) is 71.8 cm³/mol. The van der Waals surface area contributed by atoms with Gasteiger partial charge in [-0.3, -0.25) is 4.90 Å². The quantitative estimate of drug-likeness (QED) is 0.784. The zero-order chi connectivity index (χ0) is 15.3. The lowest BCUT2D eigenvalue weighted by Crippen LogP contribution is -2.33. The van der Waals surface area contributed by atoms with Crippen LogP contribution in [0.25, 0.3) is 0 Å². The van der Waals surface area contributed by atoms with Crippen LogP contribution in [0, 0.1) is 17.5 Å². The van der Waals surface area contributed by atoms with Crippen LogP contribution in [0.2, 0.25) is 0 Å². The van der Waals surface area contributed by atoms with Crippen molar-refractivity contribution in [2.45, 2.75) is 26.0 Å². The van der Waals surface area contributed by atoms with E-state index in [9.17, 15) is 13.2 Å². The number of nitrogens with zero attached hydrogens (tertiary/aromatic N) is 1. The molecule has 0 saturated carbocycles. The maximum absolute atomic E-state index is 13.3. The Morgan fingerprint density at radius 3 is 2.20 bits per heavy atom. The Kier molecular flexibility index (Phi) is 6.45. The van der Waals surface area contributed by atoms with E-state index in [0.29, 0.717) is 18.7 Å². The minimum absolute atomic E-state index is 0.112. The highest BCUT2D eigenvalue weighted by molar-refractivity contribution is 5.23. The molecule has 0 spiro atoms. The molecule has 1 atom stereocenters. The molecule has 0 heterocycles. The van der Waals surface area contributed by atoms with Crippen molar-refractivity contribution in [2.24, 2.45) is 5.73 Å². The maximum Gasteiger partial charge on any atom is 0.194 e. The number of hydrogen-bond acceptors (Lipinski definition) is 3. The Balaban J connectivity index is 2.79. The second-order valence-electron chi connectivity index (χ2n) is 4.95. The van der Waals surface area contributed by atoms with Gasteiger partial charge in [-0.2, -0.15) is 0 Å². The van der Waals surface area contributed by atoms with Gasteiger partial charge in [0.05, 0.1) is 12.7 Å². The first-order chi connectivity index (χ1) is 9.36. The van der Waals surface area contributed by atoms with Gasteiger partial charge in [0, 0.05) is 19.1 Å². The van der Waals surface area contributed by atoms with Crippen LogP contribution in [0.5, 0.6) is 0 Å². The highest BCUT2D eigenvalue weighted by atomic mass is 19.2. The van der Waals surface area contributed by atoms with Crippen LogP contribution in [0.15, 0.2) is 12.1 Å². The summed E-state index contributed by atoms with van der Waals surface area (Å²) in [6, 6.07) is 1.57. The van der Waals surface area contributed by atoms with Crippen molar-refractivity contribution in [1.29, 1.82) is 0 Å². The standard InChI is InChI=1S/C14H21F3N2O/c1-9(2)20-5-4-19(3)13(8-18)10-6-11(15)14(17)12(16)7-10/h6-7,9,13H,4-5,8,18H2,1-3H3. The van der Waals surface area contributed by atoms with Gasteiger partial charge in [0.1, 0.15) is 0 Å². The molecule has 0 aromatic heterocycles. The lowest BCUT2D eigenvalue weighted by Gasteiger charge is -2.27. The van der Waals surface area contributed by atoms with Crippen LogP contribution in [0.3, 0.4) is 0 Å². The van der Waals surface area contributed by atoms with E-state index in [1.165, 1.54) is 0 Å². The van der Waals surface area contributed by atoms with Crippen LogP contribution in [-0.2, 0) is 4.74 Å². The second-order valence-corrected chi connectivity index (χ2v) is 4.95. The minimum Gasteiger partial charge on any atom is -0.377 e. The molecule has 2 N–H and O–H groups in total. The van der Waals surface area contributed by atoms with E-state index >= 15 is 0 Å². The van der Waals surface area contributed by atoms with Crippen molar-refractivity contribution < 1.29 is 17.9 Å². The summed E-state index contributed by atoms with van der Waals surface area (Å²) >= 11 is 0. The van der Waals surface area contributed by atoms with Crippen molar-refractivity contribution in [3.63, 3.8) is 0 Å². The molecule has 1 aromatic carbocycles. The first kappa shape index (κ1) is 16.9. The molecular weight excluding hydrogens is 269 g/mol. The Hall–Kier alpha value is -1.11. The largest absolute Gasteiger partial charge is 0.377 e. The normalized spacial score (nSPS) is 13.2. The van der Waals surface area contributed by atoms with Crippen molar-refractivity contribution in [2.75, 3.05) is 26.7 Å². The summed E-state index contributed by atoms with van der Waals surface area (Å²) in [5.74, 6) is -3.87. The molecular formula is C14H21F3N2O. The Labute approximate surface area is 117 Å². The highest BCUT2D eigenvalue weighted by Crippen LogP contribution is 2.22. The van der Waals surface area contributed by atoms with Gasteiger partial charge in [0.15, 0.2) is 17.5 Å². The third-order valence-corrected chi connectivity index (χ3v) is 3.04. The van der Waals surface area contributed by atoms with Crippen LogP contribution in [0.4, 0.5) is 13.2 Å². The number of likely N-dealkylation sites (N-methyl/N-ethyl adjacent to an activating group) is 1. The third-order valence-electron chi connectivity index (χ3n) is 3.04. The van der Waals surface area contributed by atoms with Crippen LogP contribution in [-0.4, -0.2) is 37.7 Å². The summed E-state index contributed by atoms with van der Waals surface area (Å²) < 4.78 is 44.9. The Morgan fingerprint density at radius 2 is 1.75 bits per heavy atom. The number of rotatable bonds is 7. The first-order valence-electron chi connectivity index (χ1n) is 6.53. The van der Waals surface area contributed by atoms with E-state index in [4.69, 9.17) is 10.5 Å². The lowest BCUT2D eigenvalue weighted by atomic mass is 10.1. The van der Waals surface area contributed by atoms with Crippen molar-refractivity contribution in [3.05, 3.63) is 35.1 Å². The number of benzene rings is 1. The molecule has 0 bridgehead atoms. The van der Waals surface area contributed by atoms with Gasteiger partial charge < -0.3 is 10.5 Å². The van der Waals surface area contributed by atoms with E-state index in [1.54, 1.807) is 7.05 Å². The van der Waals surface area contributed by atoms with E-state index in [0.717, 1.165) is 12.1 Å². The molecule has 1 aromatic rings. The molecule has 0 saturated heterocycles. The SMILES string of the molecule is CC(C)OCCN(C)C(CN)c1cc(F)c(F)c(F)c1. The van der Waals surface area contributed by atoms with Crippen LogP contribution < -0.4 is 5.73 Å². The lowest BCUT2D eigenvalue weighted by molar-refractivity contribution is 0.0563. The fourth-order valence-electron chi connectivity index (χ4n) is 1.93. The fraction of sp³-hybridized carbons (Fsp3) is 0.571. The van der Waals surface area contributed by atoms with Crippen molar-refractivity contribution >= 4 is 0 Å². The Bertz CT molecular complexity index is 417. The van der Waals surface area contributed by atoms with Gasteiger partial charge >= 0.3 is 0 Å². The minimum atomic E-state index is -1.46. The number of halogens is 3. The summed E-state index contributed by atoms with van der Waals surface area (Å²) in [5, 5.41) is 0. The number of hydrogen-bond donors (Lipinski definition) is 1. The Morgan fingerprint density at radius 1 is 1.20 bits per heavy atom. The molecule has 6 heteroatoms. The zero-order valence-electron chi connectivity index (χ0n) is 12.0. The predicted octanol–water partition coefficient (Wildman–Crippen LogP) is 2.46. The zero-order valence-corrected chi connectivity index (χ0v) is 12.0. The molecule has 1 unspecified atom stereocenters. The van der Waals surface area contributed by atoms with E-state index in [-0.39, 0.29) is 12.6 Å². The molecule has 1 rings (SSSR count). The van der Waals surface area contributed by atoms with Gasteiger partial charge in [-0.15, -0.1) is 0 Å². The topological polar surface area (TPSA) is 38.5 Å². The van der Waals surface area contributed by atoms with E-state index < -0.39 is 23.5 Å². The summed E-state index contributed by atoms with van der Waals surface area (Å²) in [6.45, 7) is 5.05. The molecule has 20 heavy (non-hydrogen) atoms. The maximum atomic E-state index is 13.3. The molecule has 0 aliphatic rings. The number of nitrogens with two attached hydrogens (primary N) is 1. The van der Waals surface area contributed by atoms with Gasteiger partial charge in [0.25, 0.3) is 0 Å². The first-order valence-corrected chi connectivity index (χ1v) is 6.53. The number of ether oxygens (including phenoxy) is 1. The van der Waals surface area contributed by atoms with Gasteiger partial charge in [0.2, 0.25) is 0 Å². The molecule has 114 valence electrons. The van der Waals surface area contributed by atoms with Gasteiger partial charge in [-0.25, -0.2) is 13.2 Å². The molecule has 0 radical (unpaired) electrons. The van der Waals surface area contributed by atoms with E-state index in [2.05, 4.69) is 0 Å². The molecule has 0 amide bonds. The molecule has 0 fully saturated rings. The summed E-state index contributed by atoms with van der Waals surface area (Å²) in [5.41, 5.74) is 5.97. The highest BCUT2D eigenvalue weighted by Gasteiger charge is 2.19. The van der Waals surface area contributed by atoms with Crippen molar-refractivity contribution in [1.82, 2.24) is 4.90 Å². The van der Waals surface area contributed by atoms with E-state index in [1.807, 2.05) is 18.7 Å². The van der Waals surface area contributed by atoms with Gasteiger partial charge in [-0.05, 0) is 38.6 Å². The fourth-order valence-corrected chi connectivity index (χ4v) is 1.93. The molecule has 0 aliphatic carbocycles. The third kappa shape index (κ3) is 4.47. The molecule has 0 aliphatic heterocycles. The van der Waals surface area contributed by atoms with Crippen LogP contribution in [0.1, 0.15) is 25.5 Å². The second kappa shape index (κ2) is 7.61. The average molecular weight is 290 g/mol. The summed E-state index contributed by atoms with van der Waals surface area (Å²) in [6.07, 6.45) is 0.112. The summed E-state index contributed by atoms with van der Waals surface area (Å²) in [4.78, 5) is 1.83. The van der Waals surface area contributed by atoms with Gasteiger partial charge in [-0.1, -0.05) is 0 Å². The van der Waals surface area contributed by atoms with Crippen molar-refractivity contribution in [3.8, 4) is 0 Å². The average Bonchev–Trinajstić information content (AvgIpc) is 2.36. The smallest absolute Gasteiger partial charge is 0.194 e. The monoisotopic (exact) mass is 290 g/mol.